The summed E-state index contributed by atoms with van der Waals surface area (Å²) in [5.41, 5.74) is 0.991. The predicted molar refractivity (Wildman–Crippen MR) is 81.7 cm³/mol. The summed E-state index contributed by atoms with van der Waals surface area (Å²) in [6, 6.07) is 7.73. The van der Waals surface area contributed by atoms with Gasteiger partial charge in [0.25, 0.3) is 0 Å². The zero-order valence-corrected chi connectivity index (χ0v) is 12.7. The summed E-state index contributed by atoms with van der Waals surface area (Å²) in [6.45, 7) is 4.84. The molecule has 0 amide bonds. The van der Waals surface area contributed by atoms with E-state index >= 15 is 0 Å². The fraction of sp³-hybridized carbons (Fsp3) is 0.375. The van der Waals surface area contributed by atoms with Crippen LogP contribution in [0.2, 0.25) is 0 Å². The highest BCUT2D eigenvalue weighted by molar-refractivity contribution is 7.13. The standard InChI is InChI=1S/C16H19NO2S/c1-3-4-9-19-14-7-5-13(6-8-14)10-15(18)16-17-11-12(2)20-16/h5-8,11H,3-4,9-10H2,1-2H3. The van der Waals surface area contributed by atoms with Crippen LogP contribution < -0.4 is 4.74 Å². The minimum atomic E-state index is 0.0720. The molecule has 4 heteroatoms. The van der Waals surface area contributed by atoms with Crippen LogP contribution in [0.15, 0.2) is 30.5 Å². The number of hydrogen-bond acceptors (Lipinski definition) is 4. The summed E-state index contributed by atoms with van der Waals surface area (Å²) in [6.07, 6.45) is 4.31. The molecule has 0 saturated heterocycles. The molecular weight excluding hydrogens is 270 g/mol. The molecular formula is C16H19NO2S. The number of unbranched alkanes of at least 4 members (excludes halogenated alkanes) is 1. The average molecular weight is 289 g/mol. The van der Waals surface area contributed by atoms with Crippen LogP contribution in [-0.2, 0) is 6.42 Å². The van der Waals surface area contributed by atoms with E-state index < -0.39 is 0 Å². The SMILES string of the molecule is CCCCOc1ccc(CC(=O)c2ncc(C)s2)cc1. The summed E-state index contributed by atoms with van der Waals surface area (Å²) in [7, 11) is 0. The molecule has 2 rings (SSSR count). The molecule has 106 valence electrons. The number of carbonyl (C=O) groups excluding carboxylic acids is 1. The number of benzene rings is 1. The van der Waals surface area contributed by atoms with E-state index in [1.807, 2.05) is 31.2 Å². The summed E-state index contributed by atoms with van der Waals surface area (Å²) in [4.78, 5) is 17.2. The number of aryl methyl sites for hydroxylation is 1. The molecule has 1 aromatic heterocycles. The number of ether oxygens (including phenoxy) is 1. The lowest BCUT2D eigenvalue weighted by Gasteiger charge is -2.06. The minimum Gasteiger partial charge on any atom is -0.494 e. The Kier molecular flexibility index (Phi) is 5.30. The van der Waals surface area contributed by atoms with Crippen molar-refractivity contribution in [2.45, 2.75) is 33.1 Å². The van der Waals surface area contributed by atoms with Gasteiger partial charge in [-0.05, 0) is 31.0 Å². The van der Waals surface area contributed by atoms with Crippen molar-refractivity contribution in [2.24, 2.45) is 0 Å². The van der Waals surface area contributed by atoms with Crippen molar-refractivity contribution in [1.29, 1.82) is 0 Å². The second kappa shape index (κ2) is 7.20. The molecule has 1 aromatic carbocycles. The zero-order valence-electron chi connectivity index (χ0n) is 11.9. The first kappa shape index (κ1) is 14.7. The first-order valence-corrected chi connectivity index (χ1v) is 7.68. The lowest BCUT2D eigenvalue weighted by molar-refractivity contribution is 0.0992. The van der Waals surface area contributed by atoms with Gasteiger partial charge in [0.1, 0.15) is 5.75 Å². The van der Waals surface area contributed by atoms with Crippen LogP contribution in [0.3, 0.4) is 0 Å². The van der Waals surface area contributed by atoms with Crippen LogP contribution in [0.1, 0.15) is 40.0 Å². The second-order valence-corrected chi connectivity index (χ2v) is 5.96. The Morgan fingerprint density at radius 3 is 2.65 bits per heavy atom. The number of carbonyl (C=O) groups is 1. The molecule has 0 fully saturated rings. The van der Waals surface area contributed by atoms with Crippen molar-refractivity contribution < 1.29 is 9.53 Å². The Morgan fingerprint density at radius 2 is 2.05 bits per heavy atom. The number of rotatable bonds is 7. The molecule has 0 saturated carbocycles. The van der Waals surface area contributed by atoms with E-state index in [2.05, 4.69) is 11.9 Å². The molecule has 0 aliphatic rings. The van der Waals surface area contributed by atoms with Crippen molar-refractivity contribution in [3.05, 3.63) is 45.9 Å². The first-order valence-electron chi connectivity index (χ1n) is 6.86. The van der Waals surface area contributed by atoms with Gasteiger partial charge in [0.15, 0.2) is 10.8 Å². The maximum atomic E-state index is 12.0. The van der Waals surface area contributed by atoms with Crippen LogP contribution >= 0.6 is 11.3 Å². The molecule has 2 aromatic rings. The van der Waals surface area contributed by atoms with E-state index in [-0.39, 0.29) is 5.78 Å². The molecule has 0 radical (unpaired) electrons. The summed E-state index contributed by atoms with van der Waals surface area (Å²) in [5, 5.41) is 0.589. The van der Waals surface area contributed by atoms with Crippen LogP contribution in [0, 0.1) is 6.92 Å². The number of Topliss-reactive ketones (excluding diaryl/α,β-unsaturated/α-hetero) is 1. The van der Waals surface area contributed by atoms with Crippen molar-refractivity contribution in [3.8, 4) is 5.75 Å². The number of aromatic nitrogens is 1. The molecule has 0 unspecified atom stereocenters. The van der Waals surface area contributed by atoms with Gasteiger partial charge < -0.3 is 4.74 Å². The quantitative estimate of drug-likeness (QED) is 0.570. The summed E-state index contributed by atoms with van der Waals surface area (Å²) < 4.78 is 5.60. The molecule has 0 spiro atoms. The highest BCUT2D eigenvalue weighted by Crippen LogP contribution is 2.17. The first-order chi connectivity index (χ1) is 9.69. The molecule has 0 aliphatic carbocycles. The van der Waals surface area contributed by atoms with Gasteiger partial charge in [-0.25, -0.2) is 4.98 Å². The smallest absolute Gasteiger partial charge is 0.195 e. The van der Waals surface area contributed by atoms with E-state index in [4.69, 9.17) is 4.74 Å². The Morgan fingerprint density at radius 1 is 1.30 bits per heavy atom. The van der Waals surface area contributed by atoms with Crippen LogP contribution in [0.4, 0.5) is 0 Å². The van der Waals surface area contributed by atoms with Crippen LogP contribution in [0.25, 0.3) is 0 Å². The largest absolute Gasteiger partial charge is 0.494 e. The fourth-order valence-electron chi connectivity index (χ4n) is 1.78. The Hall–Kier alpha value is -1.68. The van der Waals surface area contributed by atoms with Crippen LogP contribution in [-0.4, -0.2) is 17.4 Å². The van der Waals surface area contributed by atoms with E-state index in [9.17, 15) is 4.79 Å². The van der Waals surface area contributed by atoms with Gasteiger partial charge >= 0.3 is 0 Å². The van der Waals surface area contributed by atoms with Gasteiger partial charge in [0.05, 0.1) is 6.61 Å². The van der Waals surface area contributed by atoms with Crippen molar-refractivity contribution in [1.82, 2.24) is 4.98 Å². The highest BCUT2D eigenvalue weighted by Gasteiger charge is 2.10. The third kappa shape index (κ3) is 4.17. The van der Waals surface area contributed by atoms with Gasteiger partial charge in [-0.3, -0.25) is 4.79 Å². The van der Waals surface area contributed by atoms with Gasteiger partial charge in [0.2, 0.25) is 0 Å². The number of thiazole rings is 1. The maximum Gasteiger partial charge on any atom is 0.195 e. The third-order valence-corrected chi connectivity index (χ3v) is 3.87. The van der Waals surface area contributed by atoms with Gasteiger partial charge in [-0.2, -0.15) is 0 Å². The van der Waals surface area contributed by atoms with Gasteiger partial charge in [-0.1, -0.05) is 25.5 Å². The normalized spacial score (nSPS) is 10.5. The van der Waals surface area contributed by atoms with Crippen molar-refractivity contribution in [2.75, 3.05) is 6.61 Å². The van der Waals surface area contributed by atoms with Gasteiger partial charge in [-0.15, -0.1) is 11.3 Å². The number of nitrogens with zero attached hydrogens (tertiary/aromatic N) is 1. The maximum absolute atomic E-state index is 12.0. The lowest BCUT2D eigenvalue weighted by Crippen LogP contribution is -2.03. The second-order valence-electron chi connectivity index (χ2n) is 4.72. The van der Waals surface area contributed by atoms with E-state index in [0.717, 1.165) is 35.6 Å². The fourth-order valence-corrected chi connectivity index (χ4v) is 2.48. The average Bonchev–Trinajstić information content (AvgIpc) is 2.88. The lowest BCUT2D eigenvalue weighted by atomic mass is 10.1. The molecule has 0 atom stereocenters. The topological polar surface area (TPSA) is 39.2 Å². The van der Waals surface area contributed by atoms with Crippen LogP contribution in [0.5, 0.6) is 5.75 Å². The Labute approximate surface area is 123 Å². The molecule has 20 heavy (non-hydrogen) atoms. The van der Waals surface area contributed by atoms with Gasteiger partial charge in [0, 0.05) is 17.5 Å². The van der Waals surface area contributed by atoms with E-state index in [1.54, 1.807) is 6.20 Å². The van der Waals surface area contributed by atoms with Crippen molar-refractivity contribution >= 4 is 17.1 Å². The molecule has 0 aliphatic heterocycles. The molecule has 3 nitrogen and oxygen atoms in total. The summed E-state index contributed by atoms with van der Waals surface area (Å²) in [5.74, 6) is 0.933. The molecule has 0 bridgehead atoms. The monoisotopic (exact) mass is 289 g/mol. The predicted octanol–water partition coefficient (Wildman–Crippen LogP) is 4.06. The van der Waals surface area contributed by atoms with Crippen molar-refractivity contribution in [3.63, 3.8) is 0 Å². The molecule has 1 heterocycles. The van der Waals surface area contributed by atoms with E-state index in [0.29, 0.717) is 11.4 Å². The minimum absolute atomic E-state index is 0.0720. The molecule has 0 N–H and O–H groups in total. The number of hydrogen-bond donors (Lipinski definition) is 0. The third-order valence-electron chi connectivity index (χ3n) is 2.91. The Bertz CT molecular complexity index is 560. The Balaban J connectivity index is 1.91. The van der Waals surface area contributed by atoms with E-state index in [1.165, 1.54) is 11.3 Å². The zero-order chi connectivity index (χ0) is 14.4. The highest BCUT2D eigenvalue weighted by atomic mass is 32.1. The summed E-state index contributed by atoms with van der Waals surface area (Å²) >= 11 is 1.45. The number of ketones is 1.